The summed E-state index contributed by atoms with van der Waals surface area (Å²) in [5.74, 6) is -0.442. The molecule has 2 N–H and O–H groups in total. The van der Waals surface area contributed by atoms with Crippen LogP contribution in [-0.2, 0) is 11.0 Å². The van der Waals surface area contributed by atoms with E-state index >= 15 is 0 Å². The molecule has 24 heavy (non-hydrogen) atoms. The highest BCUT2D eigenvalue weighted by Gasteiger charge is 2.32. The minimum absolute atomic E-state index is 0.113. The van der Waals surface area contributed by atoms with Gasteiger partial charge in [-0.05, 0) is 43.0 Å². The quantitative estimate of drug-likeness (QED) is 0.857. The number of benzene rings is 1. The Hall–Kier alpha value is -2.53. The maximum Gasteiger partial charge on any atom is 0.416 e. The molecule has 4 nitrogen and oxygen atoms in total. The third-order valence-electron chi connectivity index (χ3n) is 3.34. The zero-order valence-electron chi connectivity index (χ0n) is 12.9. The Morgan fingerprint density at radius 1 is 1.33 bits per heavy atom. The molecule has 2 rings (SSSR count). The van der Waals surface area contributed by atoms with Gasteiger partial charge < -0.3 is 10.6 Å². The first kappa shape index (κ1) is 17.8. The van der Waals surface area contributed by atoms with E-state index in [1.54, 1.807) is 11.4 Å². The molecule has 0 bridgehead atoms. The molecule has 1 aromatic carbocycles. The molecule has 2 aromatic rings. The Bertz CT molecular complexity index is 793. The highest BCUT2D eigenvalue weighted by Crippen LogP contribution is 2.33. The van der Waals surface area contributed by atoms with E-state index in [0.29, 0.717) is 10.6 Å². The lowest BCUT2D eigenvalue weighted by molar-refractivity contribution is -0.138. The van der Waals surface area contributed by atoms with Crippen LogP contribution in [0.25, 0.3) is 0 Å². The van der Waals surface area contributed by atoms with Gasteiger partial charge in [-0.3, -0.25) is 4.79 Å². The maximum absolute atomic E-state index is 12.9. The van der Waals surface area contributed by atoms with Crippen molar-refractivity contribution in [1.29, 1.82) is 5.26 Å². The average molecular weight is 353 g/mol. The fourth-order valence-electron chi connectivity index (χ4n) is 2.05. The van der Waals surface area contributed by atoms with E-state index in [4.69, 9.17) is 5.26 Å². The van der Waals surface area contributed by atoms with E-state index in [9.17, 15) is 18.0 Å². The molecule has 0 unspecified atom stereocenters. The third-order valence-corrected chi connectivity index (χ3v) is 4.17. The Labute approximate surface area is 140 Å². The first-order valence-corrected chi connectivity index (χ1v) is 7.83. The van der Waals surface area contributed by atoms with E-state index in [1.165, 1.54) is 37.3 Å². The van der Waals surface area contributed by atoms with Crippen LogP contribution in [-0.4, -0.2) is 11.9 Å². The number of hydrogen-bond acceptors (Lipinski definition) is 4. The maximum atomic E-state index is 12.9. The number of hydrogen-bond donors (Lipinski definition) is 2. The smallest absolute Gasteiger partial charge is 0.374 e. The lowest BCUT2D eigenvalue weighted by Crippen LogP contribution is -2.31. The van der Waals surface area contributed by atoms with Crippen LogP contribution in [0.1, 0.15) is 23.6 Å². The highest BCUT2D eigenvalue weighted by molar-refractivity contribution is 7.14. The molecule has 126 valence electrons. The number of aryl methyl sites for hydroxylation is 1. The topological polar surface area (TPSA) is 64.9 Å². The number of rotatable bonds is 4. The van der Waals surface area contributed by atoms with Crippen molar-refractivity contribution in [3.05, 3.63) is 46.3 Å². The van der Waals surface area contributed by atoms with Crippen molar-refractivity contribution in [2.75, 3.05) is 10.6 Å². The molecule has 0 radical (unpaired) electrons. The Balaban J connectivity index is 2.11. The Morgan fingerprint density at radius 3 is 2.67 bits per heavy atom. The molecule has 1 aromatic heterocycles. The van der Waals surface area contributed by atoms with Crippen molar-refractivity contribution >= 4 is 27.9 Å². The van der Waals surface area contributed by atoms with E-state index < -0.39 is 23.7 Å². The van der Waals surface area contributed by atoms with Crippen molar-refractivity contribution < 1.29 is 18.0 Å². The van der Waals surface area contributed by atoms with Gasteiger partial charge in [0.25, 0.3) is 0 Å². The number of thiophene rings is 1. The summed E-state index contributed by atoms with van der Waals surface area (Å²) in [7, 11) is 0. The molecule has 0 fully saturated rings. The zero-order chi connectivity index (χ0) is 17.9. The number of amides is 1. The van der Waals surface area contributed by atoms with Crippen LogP contribution in [0.15, 0.2) is 29.6 Å². The number of halogens is 3. The monoisotopic (exact) mass is 353 g/mol. The van der Waals surface area contributed by atoms with E-state index in [0.717, 1.165) is 6.07 Å². The van der Waals surface area contributed by atoms with Crippen LogP contribution in [0.2, 0.25) is 0 Å². The van der Waals surface area contributed by atoms with E-state index in [-0.39, 0.29) is 11.3 Å². The molecule has 1 atom stereocenters. The summed E-state index contributed by atoms with van der Waals surface area (Å²) < 4.78 is 38.8. The van der Waals surface area contributed by atoms with Gasteiger partial charge in [0, 0.05) is 5.69 Å². The summed E-state index contributed by atoms with van der Waals surface area (Å²) in [5.41, 5.74) is -0.0926. The summed E-state index contributed by atoms with van der Waals surface area (Å²) in [5, 5.41) is 16.3. The number of carbonyl (C=O) groups is 1. The number of nitrogens with one attached hydrogen (secondary N) is 2. The molecular weight excluding hydrogens is 339 g/mol. The summed E-state index contributed by atoms with van der Waals surface area (Å²) in [6.45, 7) is 2.91. The number of anilines is 2. The molecule has 0 saturated heterocycles. The van der Waals surface area contributed by atoms with Gasteiger partial charge in [0.1, 0.15) is 17.1 Å². The van der Waals surface area contributed by atoms with Crippen LogP contribution < -0.4 is 10.6 Å². The van der Waals surface area contributed by atoms with Crippen molar-refractivity contribution in [3.8, 4) is 6.07 Å². The van der Waals surface area contributed by atoms with Crippen molar-refractivity contribution in [2.45, 2.75) is 26.1 Å². The standard InChI is InChI=1S/C16H14F3N3OS/c1-9-3-4-12(7-13(9)16(17,18)19)21-10(2)14(23)22-15-11(8-20)5-6-24-15/h3-7,10,21H,1-2H3,(H,22,23)/t10-/m0/s1. The van der Waals surface area contributed by atoms with Gasteiger partial charge in [0.15, 0.2) is 0 Å². The van der Waals surface area contributed by atoms with Crippen molar-refractivity contribution in [1.82, 2.24) is 0 Å². The van der Waals surface area contributed by atoms with Crippen LogP contribution in [0.4, 0.5) is 23.9 Å². The fourth-order valence-corrected chi connectivity index (χ4v) is 2.79. The number of nitrogens with zero attached hydrogens (tertiary/aromatic N) is 1. The second kappa shape index (κ2) is 6.93. The van der Waals surface area contributed by atoms with Gasteiger partial charge in [-0.15, -0.1) is 11.3 Å². The van der Waals surface area contributed by atoms with Crippen molar-refractivity contribution in [3.63, 3.8) is 0 Å². The number of carbonyl (C=O) groups excluding carboxylic acids is 1. The Kier molecular flexibility index (Phi) is 5.14. The first-order chi connectivity index (χ1) is 11.2. The van der Waals surface area contributed by atoms with Gasteiger partial charge >= 0.3 is 6.18 Å². The number of alkyl halides is 3. The SMILES string of the molecule is Cc1ccc(N[C@@H](C)C(=O)Nc2sccc2C#N)cc1C(F)(F)F. The van der Waals surface area contributed by atoms with Gasteiger partial charge in [-0.25, -0.2) is 0 Å². The zero-order valence-corrected chi connectivity index (χ0v) is 13.7. The summed E-state index contributed by atoms with van der Waals surface area (Å²) in [6.07, 6.45) is -4.45. The molecule has 0 spiro atoms. The fraction of sp³-hybridized carbons (Fsp3) is 0.250. The molecule has 1 heterocycles. The molecule has 0 aliphatic rings. The molecule has 0 aliphatic carbocycles. The molecule has 0 saturated carbocycles. The lowest BCUT2D eigenvalue weighted by Gasteiger charge is -2.17. The van der Waals surface area contributed by atoms with Gasteiger partial charge in [0.05, 0.1) is 11.1 Å². The minimum atomic E-state index is -4.45. The predicted molar refractivity (Wildman–Crippen MR) is 86.9 cm³/mol. The molecule has 8 heteroatoms. The third kappa shape index (κ3) is 4.06. The normalized spacial score (nSPS) is 12.3. The second-order valence-corrected chi connectivity index (χ2v) is 6.07. The van der Waals surface area contributed by atoms with Crippen LogP contribution in [0.3, 0.4) is 0 Å². The summed E-state index contributed by atoms with van der Waals surface area (Å²) in [4.78, 5) is 12.1. The molecule has 1 amide bonds. The summed E-state index contributed by atoms with van der Waals surface area (Å²) in [6, 6.07) is 6.57. The Morgan fingerprint density at radius 2 is 2.04 bits per heavy atom. The lowest BCUT2D eigenvalue weighted by atomic mass is 10.1. The van der Waals surface area contributed by atoms with Gasteiger partial charge in [-0.2, -0.15) is 18.4 Å². The first-order valence-electron chi connectivity index (χ1n) is 6.95. The van der Waals surface area contributed by atoms with Gasteiger partial charge in [0.2, 0.25) is 5.91 Å². The predicted octanol–water partition coefficient (Wildman–Crippen LogP) is 4.39. The van der Waals surface area contributed by atoms with E-state index in [2.05, 4.69) is 10.6 Å². The van der Waals surface area contributed by atoms with Crippen LogP contribution >= 0.6 is 11.3 Å². The average Bonchev–Trinajstić information content (AvgIpc) is 2.95. The van der Waals surface area contributed by atoms with Crippen LogP contribution in [0, 0.1) is 18.3 Å². The van der Waals surface area contributed by atoms with E-state index in [1.807, 2.05) is 6.07 Å². The summed E-state index contributed by atoms with van der Waals surface area (Å²) >= 11 is 1.20. The number of nitriles is 1. The van der Waals surface area contributed by atoms with Crippen LogP contribution in [0.5, 0.6) is 0 Å². The molecular formula is C16H14F3N3OS. The minimum Gasteiger partial charge on any atom is -0.374 e. The highest BCUT2D eigenvalue weighted by atomic mass is 32.1. The largest absolute Gasteiger partial charge is 0.416 e. The second-order valence-electron chi connectivity index (χ2n) is 5.16. The van der Waals surface area contributed by atoms with Gasteiger partial charge in [-0.1, -0.05) is 6.07 Å². The molecule has 0 aliphatic heterocycles. The van der Waals surface area contributed by atoms with Crippen molar-refractivity contribution in [2.24, 2.45) is 0 Å².